The number of aliphatic imine (C=N–C) groups is 2. The van der Waals surface area contributed by atoms with Crippen LogP contribution in [0, 0.1) is 12.3 Å². The third-order valence-corrected chi connectivity index (χ3v) is 7.08. The molecule has 8 nitrogen and oxygen atoms in total. The average Bonchev–Trinajstić information content (AvgIpc) is 3.53. The average molecular weight is 454 g/mol. The van der Waals surface area contributed by atoms with Crippen LogP contribution in [0.1, 0.15) is 47.4 Å². The Morgan fingerprint density at radius 3 is 2.91 bits per heavy atom. The van der Waals surface area contributed by atoms with Gasteiger partial charge in [0.2, 0.25) is 0 Å². The van der Waals surface area contributed by atoms with Gasteiger partial charge in [0, 0.05) is 61.8 Å². The van der Waals surface area contributed by atoms with E-state index in [4.69, 9.17) is 0 Å². The number of fused-ring (bicyclic) bond motifs is 1. The van der Waals surface area contributed by atoms with Gasteiger partial charge in [-0.2, -0.15) is 0 Å². The van der Waals surface area contributed by atoms with E-state index in [1.165, 1.54) is 12.8 Å². The van der Waals surface area contributed by atoms with E-state index in [0.29, 0.717) is 24.6 Å². The first kappa shape index (κ1) is 20.9. The number of amides is 1. The lowest BCUT2D eigenvalue weighted by Gasteiger charge is -2.26. The van der Waals surface area contributed by atoms with Crippen LogP contribution in [0.25, 0.3) is 10.9 Å². The molecule has 0 unspecified atom stereocenters. The maximum absolute atomic E-state index is 13.9. The number of hydrogen-bond donors (Lipinski definition) is 1. The molecule has 1 aliphatic carbocycles. The number of nitrogens with one attached hydrogen (secondary N) is 1. The summed E-state index contributed by atoms with van der Waals surface area (Å²) in [5, 5.41) is 4.49. The largest absolute Gasteiger partial charge is 0.367 e. The summed E-state index contributed by atoms with van der Waals surface area (Å²) >= 11 is 0. The molecule has 1 saturated heterocycles. The Hall–Kier alpha value is -3.68. The van der Waals surface area contributed by atoms with E-state index in [1.807, 2.05) is 48.4 Å². The molecule has 0 aromatic carbocycles. The SMILES string of the molecule is Cc1ccc(C2=NCCC=N2)c(C(=O)N2CC3(CC3)C[C@H]2CNc2nccc3ncccc23)n1. The summed E-state index contributed by atoms with van der Waals surface area (Å²) in [6.07, 6.45) is 9.59. The topological polar surface area (TPSA) is 95.7 Å². The molecular formula is C26H27N7O. The number of rotatable bonds is 5. The Morgan fingerprint density at radius 1 is 1.18 bits per heavy atom. The Balaban J connectivity index is 1.29. The minimum absolute atomic E-state index is 0.0368. The quantitative estimate of drug-likeness (QED) is 0.636. The first-order valence-electron chi connectivity index (χ1n) is 11.9. The lowest BCUT2D eigenvalue weighted by Crippen LogP contribution is -2.41. The van der Waals surface area contributed by atoms with E-state index < -0.39 is 0 Å². The normalized spacial score (nSPS) is 20.6. The number of anilines is 1. The van der Waals surface area contributed by atoms with Gasteiger partial charge in [-0.1, -0.05) is 0 Å². The number of aryl methyl sites for hydroxylation is 1. The first-order valence-corrected chi connectivity index (χ1v) is 11.9. The van der Waals surface area contributed by atoms with Crippen molar-refractivity contribution in [2.24, 2.45) is 15.4 Å². The molecule has 3 aromatic heterocycles. The van der Waals surface area contributed by atoms with Crippen molar-refractivity contribution in [3.8, 4) is 0 Å². The lowest BCUT2D eigenvalue weighted by molar-refractivity contribution is 0.0731. The maximum atomic E-state index is 13.9. The van der Waals surface area contributed by atoms with Crippen LogP contribution >= 0.6 is 0 Å². The molecule has 8 heteroatoms. The van der Waals surface area contributed by atoms with E-state index in [2.05, 4.69) is 30.3 Å². The van der Waals surface area contributed by atoms with Crippen LogP contribution in [-0.4, -0.2) is 63.5 Å². The molecule has 2 aliphatic heterocycles. The molecule has 5 heterocycles. The van der Waals surface area contributed by atoms with Gasteiger partial charge in [0.1, 0.15) is 11.5 Å². The highest BCUT2D eigenvalue weighted by Gasteiger charge is 2.53. The Kier molecular flexibility index (Phi) is 5.08. The third-order valence-electron chi connectivity index (χ3n) is 7.08. The van der Waals surface area contributed by atoms with Crippen molar-refractivity contribution in [1.82, 2.24) is 19.9 Å². The van der Waals surface area contributed by atoms with Crippen LogP contribution in [0.2, 0.25) is 0 Å². The molecule has 0 radical (unpaired) electrons. The molecule has 1 amide bonds. The van der Waals surface area contributed by atoms with Crippen molar-refractivity contribution in [2.75, 3.05) is 25.0 Å². The zero-order chi connectivity index (χ0) is 23.1. The predicted octanol–water partition coefficient (Wildman–Crippen LogP) is 3.66. The fraction of sp³-hybridized carbons (Fsp3) is 0.385. The number of aromatic nitrogens is 3. The minimum atomic E-state index is -0.0368. The molecule has 172 valence electrons. The Morgan fingerprint density at radius 2 is 2.09 bits per heavy atom. The number of pyridine rings is 3. The molecular weight excluding hydrogens is 426 g/mol. The van der Waals surface area contributed by atoms with E-state index in [0.717, 1.165) is 47.4 Å². The molecule has 34 heavy (non-hydrogen) atoms. The van der Waals surface area contributed by atoms with Gasteiger partial charge in [0.05, 0.1) is 11.1 Å². The van der Waals surface area contributed by atoms with Gasteiger partial charge < -0.3 is 10.2 Å². The summed E-state index contributed by atoms with van der Waals surface area (Å²) in [4.78, 5) is 38.6. The summed E-state index contributed by atoms with van der Waals surface area (Å²) in [6.45, 7) is 4.01. The minimum Gasteiger partial charge on any atom is -0.367 e. The molecule has 0 bridgehead atoms. The van der Waals surface area contributed by atoms with Crippen molar-refractivity contribution >= 4 is 34.7 Å². The molecule has 6 rings (SSSR count). The van der Waals surface area contributed by atoms with Crippen molar-refractivity contribution in [2.45, 2.75) is 38.6 Å². The van der Waals surface area contributed by atoms with E-state index >= 15 is 0 Å². The van der Waals surface area contributed by atoms with Crippen molar-refractivity contribution in [3.63, 3.8) is 0 Å². The Bertz CT molecular complexity index is 1320. The third kappa shape index (κ3) is 3.83. The van der Waals surface area contributed by atoms with Crippen molar-refractivity contribution in [3.05, 3.63) is 59.7 Å². The highest BCUT2D eigenvalue weighted by Crippen LogP contribution is 2.55. The number of nitrogens with zero attached hydrogens (tertiary/aromatic N) is 6. The zero-order valence-corrected chi connectivity index (χ0v) is 19.2. The zero-order valence-electron chi connectivity index (χ0n) is 19.2. The van der Waals surface area contributed by atoms with Gasteiger partial charge in [0.15, 0.2) is 5.84 Å². The summed E-state index contributed by atoms with van der Waals surface area (Å²) in [5.41, 5.74) is 3.14. The fourth-order valence-corrected chi connectivity index (χ4v) is 5.09. The number of amidine groups is 1. The lowest BCUT2D eigenvalue weighted by atomic mass is 10.0. The van der Waals surface area contributed by atoms with Crippen LogP contribution in [0.5, 0.6) is 0 Å². The summed E-state index contributed by atoms with van der Waals surface area (Å²) in [5.74, 6) is 1.37. The number of likely N-dealkylation sites (tertiary alicyclic amines) is 1. The smallest absolute Gasteiger partial charge is 0.273 e. The predicted molar refractivity (Wildman–Crippen MR) is 133 cm³/mol. The van der Waals surface area contributed by atoms with Gasteiger partial charge in [-0.3, -0.25) is 14.8 Å². The van der Waals surface area contributed by atoms with Crippen molar-refractivity contribution < 1.29 is 4.79 Å². The van der Waals surface area contributed by atoms with Gasteiger partial charge in [-0.25, -0.2) is 15.0 Å². The molecule has 1 spiro atoms. The second-order valence-electron chi connectivity index (χ2n) is 9.56. The standard InChI is InChI=1S/C26H27N7O/c1-17-5-6-20(24-28-11-3-12-29-24)22(32-17)25(34)33-16-26(8-9-26)14-18(33)15-31-23-19-4-2-10-27-21(19)7-13-30-23/h2,4-7,10-11,13,18H,3,8-9,12,14-16H2,1H3,(H,30,31)/t18-/m0/s1. The number of hydrogen-bond acceptors (Lipinski definition) is 7. The van der Waals surface area contributed by atoms with Gasteiger partial charge in [-0.05, 0) is 61.9 Å². The van der Waals surface area contributed by atoms with Crippen LogP contribution < -0.4 is 5.32 Å². The second-order valence-corrected chi connectivity index (χ2v) is 9.56. The summed E-state index contributed by atoms with van der Waals surface area (Å²) in [6, 6.07) is 9.76. The summed E-state index contributed by atoms with van der Waals surface area (Å²) in [7, 11) is 0. The van der Waals surface area contributed by atoms with E-state index in [1.54, 1.807) is 12.4 Å². The van der Waals surface area contributed by atoms with Crippen LogP contribution in [0.3, 0.4) is 0 Å². The van der Waals surface area contributed by atoms with Gasteiger partial charge in [-0.15, -0.1) is 0 Å². The van der Waals surface area contributed by atoms with E-state index in [9.17, 15) is 4.79 Å². The van der Waals surface area contributed by atoms with Crippen molar-refractivity contribution in [1.29, 1.82) is 0 Å². The summed E-state index contributed by atoms with van der Waals surface area (Å²) < 4.78 is 0. The molecule has 1 N–H and O–H groups in total. The van der Waals surface area contributed by atoms with Crippen LogP contribution in [0.4, 0.5) is 5.82 Å². The molecule has 3 aliphatic rings. The molecule has 2 fully saturated rings. The van der Waals surface area contributed by atoms with E-state index in [-0.39, 0.29) is 17.4 Å². The van der Waals surface area contributed by atoms with Crippen LogP contribution in [-0.2, 0) is 0 Å². The first-order chi connectivity index (χ1) is 16.6. The van der Waals surface area contributed by atoms with Gasteiger partial charge >= 0.3 is 0 Å². The number of carbonyl (C=O) groups is 1. The monoisotopic (exact) mass is 453 g/mol. The molecule has 3 aromatic rings. The highest BCUT2D eigenvalue weighted by atomic mass is 16.2. The highest BCUT2D eigenvalue weighted by molar-refractivity contribution is 6.11. The fourth-order valence-electron chi connectivity index (χ4n) is 5.09. The molecule has 1 saturated carbocycles. The molecule has 1 atom stereocenters. The van der Waals surface area contributed by atoms with Gasteiger partial charge in [0.25, 0.3) is 5.91 Å². The second kappa shape index (κ2) is 8.27. The van der Waals surface area contributed by atoms with Crippen LogP contribution in [0.15, 0.2) is 52.7 Å². The Labute approximate surface area is 198 Å². The maximum Gasteiger partial charge on any atom is 0.273 e. The number of carbonyl (C=O) groups excluding carboxylic acids is 1.